The van der Waals surface area contributed by atoms with Crippen molar-refractivity contribution in [3.8, 4) is 0 Å². The molecule has 26 heavy (non-hydrogen) atoms. The molecule has 0 bridgehead atoms. The Morgan fingerprint density at radius 2 is 2.00 bits per heavy atom. The van der Waals surface area contributed by atoms with E-state index in [9.17, 15) is 23.1 Å². The van der Waals surface area contributed by atoms with Crippen LogP contribution in [-0.4, -0.2) is 53.1 Å². The molecular weight excluding hydrogens is 358 g/mol. The average molecular weight is 379 g/mol. The Balaban J connectivity index is 1.97. The molecule has 1 aromatic rings. The van der Waals surface area contributed by atoms with Crippen LogP contribution in [0.1, 0.15) is 25.5 Å². The first kappa shape index (κ1) is 18.6. The van der Waals surface area contributed by atoms with Gasteiger partial charge in [-0.3, -0.25) is 4.79 Å². The van der Waals surface area contributed by atoms with E-state index in [0.717, 1.165) is 4.90 Å². The van der Waals surface area contributed by atoms with Gasteiger partial charge in [0.05, 0.1) is 10.9 Å². The molecule has 1 unspecified atom stereocenters. The zero-order chi connectivity index (χ0) is 19.3. The lowest BCUT2D eigenvalue weighted by atomic mass is 9.85. The van der Waals surface area contributed by atoms with Gasteiger partial charge in [-0.05, 0) is 19.4 Å². The first-order valence-electron chi connectivity index (χ1n) is 8.22. The Kier molecular flexibility index (Phi) is 4.44. The Morgan fingerprint density at radius 3 is 2.58 bits per heavy atom. The van der Waals surface area contributed by atoms with Crippen LogP contribution in [0.2, 0.25) is 0 Å². The molecule has 1 N–H and O–H groups in total. The summed E-state index contributed by atoms with van der Waals surface area (Å²) in [4.78, 5) is 26.1. The normalized spacial score (nSPS) is 29.4. The van der Waals surface area contributed by atoms with E-state index in [0.29, 0.717) is 5.56 Å². The second-order valence-corrected chi connectivity index (χ2v) is 9.61. The second-order valence-electron chi connectivity index (χ2n) is 6.99. The van der Waals surface area contributed by atoms with Crippen molar-refractivity contribution in [1.29, 1.82) is 0 Å². The van der Waals surface area contributed by atoms with Crippen molar-refractivity contribution in [1.82, 2.24) is 4.90 Å². The zero-order valence-electron chi connectivity index (χ0n) is 14.5. The van der Waals surface area contributed by atoms with Gasteiger partial charge in [0, 0.05) is 0 Å². The summed E-state index contributed by atoms with van der Waals surface area (Å²) in [7, 11) is -3.90. The quantitative estimate of drug-likeness (QED) is 0.462. The molecule has 140 valence electrons. The van der Waals surface area contributed by atoms with Crippen LogP contribution >= 0.6 is 0 Å². The number of sulfone groups is 1. The van der Waals surface area contributed by atoms with Crippen LogP contribution in [0.3, 0.4) is 0 Å². The van der Waals surface area contributed by atoms with Crippen molar-refractivity contribution in [2.24, 2.45) is 5.92 Å². The molecule has 8 heteroatoms. The smallest absolute Gasteiger partial charge is 0.330 e. The molecule has 0 spiro atoms. The lowest BCUT2D eigenvalue weighted by molar-refractivity contribution is -0.171. The minimum absolute atomic E-state index is 0.0752. The van der Waals surface area contributed by atoms with Crippen molar-refractivity contribution in [3.05, 3.63) is 48.6 Å². The number of carbonyl (C=O) groups excluding carboxylic acids is 2. The Hall–Kier alpha value is -2.19. The van der Waals surface area contributed by atoms with Crippen molar-refractivity contribution in [2.75, 3.05) is 6.61 Å². The number of benzene rings is 1. The predicted molar refractivity (Wildman–Crippen MR) is 93.5 cm³/mol. The number of hydrogen-bond donors (Lipinski definition) is 1. The molecule has 2 heterocycles. The lowest BCUT2D eigenvalue weighted by Crippen LogP contribution is -2.65. The van der Waals surface area contributed by atoms with Crippen LogP contribution < -0.4 is 0 Å². The van der Waals surface area contributed by atoms with E-state index in [1.165, 1.54) is 19.9 Å². The molecule has 2 saturated heterocycles. The summed E-state index contributed by atoms with van der Waals surface area (Å²) in [5, 5.41) is 9.34. The molecule has 0 saturated carbocycles. The highest BCUT2D eigenvalue weighted by atomic mass is 32.2. The number of aliphatic hydroxyl groups excluding tert-OH is 1. The number of amides is 1. The molecular formula is C18H21NO6S. The number of aliphatic hydroxyl groups is 1. The van der Waals surface area contributed by atoms with Crippen LogP contribution in [0.4, 0.5) is 0 Å². The Bertz CT molecular complexity index is 848. The number of nitrogens with zero attached hydrogens (tertiary/aromatic N) is 1. The number of β-lactam (4-membered cyclic amide) rings is 1. The van der Waals surface area contributed by atoms with E-state index in [2.05, 4.69) is 6.58 Å². The van der Waals surface area contributed by atoms with E-state index in [-0.39, 0.29) is 6.61 Å². The standard InChI is InChI=1S/C18H21NO6S/c1-4-10-25-17(22)14-18(2,3)26(23,24)16-12(15(21)19(14)16)13(20)11-8-6-5-7-9-11/h4-9,12-14,16,20H,1,10H2,2-3H3/t12-,13?,14+,16-/m1/s1. The summed E-state index contributed by atoms with van der Waals surface area (Å²) in [5.74, 6) is -2.50. The van der Waals surface area contributed by atoms with Gasteiger partial charge >= 0.3 is 5.97 Å². The predicted octanol–water partition coefficient (Wildman–Crippen LogP) is 0.809. The highest BCUT2D eigenvalue weighted by molar-refractivity contribution is 7.93. The first-order valence-corrected chi connectivity index (χ1v) is 9.77. The summed E-state index contributed by atoms with van der Waals surface area (Å²) in [6.07, 6.45) is 0.101. The topological polar surface area (TPSA) is 101 Å². The van der Waals surface area contributed by atoms with Gasteiger partial charge in [-0.1, -0.05) is 43.0 Å². The molecule has 0 aliphatic carbocycles. The van der Waals surface area contributed by atoms with Crippen LogP contribution in [0.5, 0.6) is 0 Å². The molecule has 7 nitrogen and oxygen atoms in total. The summed E-state index contributed by atoms with van der Waals surface area (Å²) < 4.78 is 29.5. The summed E-state index contributed by atoms with van der Waals surface area (Å²) in [6.45, 7) is 6.18. The minimum atomic E-state index is -3.90. The van der Waals surface area contributed by atoms with Gasteiger partial charge in [-0.15, -0.1) is 0 Å². The third-order valence-corrected chi connectivity index (χ3v) is 8.00. The largest absolute Gasteiger partial charge is 0.460 e. The molecule has 2 fully saturated rings. The molecule has 2 aliphatic rings. The van der Waals surface area contributed by atoms with Crippen molar-refractivity contribution in [3.63, 3.8) is 0 Å². The van der Waals surface area contributed by atoms with Crippen molar-refractivity contribution >= 4 is 21.7 Å². The average Bonchev–Trinajstić information content (AvgIpc) is 2.74. The van der Waals surface area contributed by atoms with Gasteiger partial charge < -0.3 is 14.7 Å². The molecule has 0 radical (unpaired) electrons. The molecule has 1 amide bonds. The number of rotatable bonds is 5. The third kappa shape index (κ3) is 2.39. The molecule has 4 atom stereocenters. The molecule has 0 aromatic heterocycles. The molecule has 2 aliphatic heterocycles. The Morgan fingerprint density at radius 1 is 1.38 bits per heavy atom. The number of ether oxygens (including phenoxy) is 1. The minimum Gasteiger partial charge on any atom is -0.460 e. The van der Waals surface area contributed by atoms with E-state index in [4.69, 9.17) is 4.74 Å². The third-order valence-electron chi connectivity index (χ3n) is 5.16. The van der Waals surface area contributed by atoms with Crippen molar-refractivity contribution < 1.29 is 27.9 Å². The van der Waals surface area contributed by atoms with Gasteiger partial charge in [-0.2, -0.15) is 0 Å². The van der Waals surface area contributed by atoms with E-state index >= 15 is 0 Å². The Labute approximate surface area is 152 Å². The van der Waals surface area contributed by atoms with Gasteiger partial charge in [-0.25, -0.2) is 13.2 Å². The zero-order valence-corrected chi connectivity index (χ0v) is 15.3. The fraction of sp³-hybridized carbons (Fsp3) is 0.444. The number of esters is 1. The first-order chi connectivity index (χ1) is 12.2. The van der Waals surface area contributed by atoms with Gasteiger partial charge in [0.2, 0.25) is 5.91 Å². The summed E-state index contributed by atoms with van der Waals surface area (Å²) in [5.41, 5.74) is 0.455. The van der Waals surface area contributed by atoms with Gasteiger partial charge in [0.1, 0.15) is 23.9 Å². The van der Waals surface area contributed by atoms with Crippen LogP contribution in [-0.2, 0) is 24.2 Å². The highest BCUT2D eigenvalue weighted by Crippen LogP contribution is 2.52. The van der Waals surface area contributed by atoms with E-state index < -0.39 is 49.9 Å². The lowest BCUT2D eigenvalue weighted by Gasteiger charge is -2.44. The van der Waals surface area contributed by atoms with E-state index in [1.807, 2.05) is 0 Å². The van der Waals surface area contributed by atoms with Crippen LogP contribution in [0.25, 0.3) is 0 Å². The number of carbonyl (C=O) groups is 2. The maximum Gasteiger partial charge on any atom is 0.330 e. The monoisotopic (exact) mass is 379 g/mol. The molecule has 3 rings (SSSR count). The van der Waals surface area contributed by atoms with E-state index in [1.54, 1.807) is 30.3 Å². The van der Waals surface area contributed by atoms with Gasteiger partial charge in [0.15, 0.2) is 9.84 Å². The van der Waals surface area contributed by atoms with Crippen LogP contribution in [0.15, 0.2) is 43.0 Å². The second kappa shape index (κ2) is 6.21. The van der Waals surface area contributed by atoms with Crippen LogP contribution in [0, 0.1) is 5.92 Å². The fourth-order valence-corrected chi connectivity index (χ4v) is 6.01. The fourth-order valence-electron chi connectivity index (χ4n) is 3.69. The highest BCUT2D eigenvalue weighted by Gasteiger charge is 2.73. The number of fused-ring (bicyclic) bond motifs is 1. The van der Waals surface area contributed by atoms with Crippen molar-refractivity contribution in [2.45, 2.75) is 36.1 Å². The van der Waals surface area contributed by atoms with Gasteiger partial charge in [0.25, 0.3) is 0 Å². The maximum atomic E-state index is 13.0. The number of hydrogen-bond acceptors (Lipinski definition) is 6. The summed E-state index contributed by atoms with van der Waals surface area (Å²) >= 11 is 0. The maximum absolute atomic E-state index is 13.0. The summed E-state index contributed by atoms with van der Waals surface area (Å²) in [6, 6.07) is 7.16. The SMILES string of the molecule is C=CCOC(=O)[C@@H]1N2C(=O)[C@@H](C(O)c3ccccc3)[C@H]2S(=O)(=O)C1(C)C. The molecule has 1 aromatic carbocycles.